The van der Waals surface area contributed by atoms with Crippen molar-refractivity contribution in [2.45, 2.75) is 12.5 Å². The second-order valence-electron chi connectivity index (χ2n) is 1.50. The van der Waals surface area contributed by atoms with Crippen LogP contribution in [0.1, 0.15) is 6.42 Å². The first-order valence-electron chi connectivity index (χ1n) is 2.35. The van der Waals surface area contributed by atoms with Gasteiger partial charge in [0, 0.05) is 6.04 Å². The Morgan fingerprint density at radius 2 is 2.11 bits per heavy atom. The van der Waals surface area contributed by atoms with E-state index in [9.17, 15) is 9.90 Å². The Morgan fingerprint density at radius 3 is 2.22 bits per heavy atom. The van der Waals surface area contributed by atoms with E-state index in [1.165, 1.54) is 0 Å². The Hall–Kier alpha value is 0.390. The molecule has 0 aliphatic rings. The molecule has 0 aliphatic heterocycles. The third-order valence-electron chi connectivity index (χ3n) is 0.780. The topological polar surface area (TPSA) is 92.2 Å². The molecule has 48 valence electrons. The van der Waals surface area contributed by atoms with Crippen molar-refractivity contribution in [2.75, 3.05) is 6.54 Å². The van der Waals surface area contributed by atoms with Gasteiger partial charge >= 0.3 is 29.6 Å². The Balaban J connectivity index is 0. The molecule has 0 aromatic rings. The van der Waals surface area contributed by atoms with Crippen LogP contribution >= 0.6 is 0 Å². The summed E-state index contributed by atoms with van der Waals surface area (Å²) in [5.41, 5.74) is 9.98. The number of rotatable bonds is 3. The van der Waals surface area contributed by atoms with Crippen molar-refractivity contribution in [3.05, 3.63) is 0 Å². The van der Waals surface area contributed by atoms with Gasteiger partial charge in [0.25, 0.3) is 0 Å². The van der Waals surface area contributed by atoms with Crippen LogP contribution in [0.15, 0.2) is 0 Å². The van der Waals surface area contributed by atoms with E-state index in [4.69, 9.17) is 11.5 Å². The molecule has 1 atom stereocenters. The van der Waals surface area contributed by atoms with Crippen LogP contribution in [0.2, 0.25) is 0 Å². The van der Waals surface area contributed by atoms with Gasteiger partial charge < -0.3 is 21.4 Å². The molecule has 4 N–H and O–H groups in total. The SMILES string of the molecule is NCCC(N)C(=O)[O-].[Na+]. The van der Waals surface area contributed by atoms with Crippen molar-refractivity contribution < 1.29 is 39.5 Å². The number of carboxylic acid groups (broad SMARTS) is 1. The summed E-state index contributed by atoms with van der Waals surface area (Å²) >= 11 is 0. The zero-order valence-corrected chi connectivity index (χ0v) is 7.46. The summed E-state index contributed by atoms with van der Waals surface area (Å²) in [4.78, 5) is 9.80. The van der Waals surface area contributed by atoms with Gasteiger partial charge in [-0.2, -0.15) is 0 Å². The van der Waals surface area contributed by atoms with Gasteiger partial charge in [-0.25, -0.2) is 0 Å². The van der Waals surface area contributed by atoms with Crippen LogP contribution in [0.5, 0.6) is 0 Å². The van der Waals surface area contributed by atoms with Crippen LogP contribution in [0.4, 0.5) is 0 Å². The number of hydrogen-bond donors (Lipinski definition) is 2. The number of carbonyl (C=O) groups is 1. The van der Waals surface area contributed by atoms with Crippen molar-refractivity contribution in [1.82, 2.24) is 0 Å². The zero-order valence-electron chi connectivity index (χ0n) is 5.46. The van der Waals surface area contributed by atoms with E-state index in [-0.39, 0.29) is 42.5 Å². The second-order valence-corrected chi connectivity index (χ2v) is 1.50. The van der Waals surface area contributed by atoms with Gasteiger partial charge in [0.2, 0.25) is 0 Å². The molecule has 0 saturated carbocycles. The van der Waals surface area contributed by atoms with Gasteiger partial charge in [-0.15, -0.1) is 0 Å². The first-order chi connectivity index (χ1) is 3.68. The van der Waals surface area contributed by atoms with Gasteiger partial charge in [0.15, 0.2) is 0 Å². The fraction of sp³-hybridized carbons (Fsp3) is 0.750. The Morgan fingerprint density at radius 1 is 1.67 bits per heavy atom. The summed E-state index contributed by atoms with van der Waals surface area (Å²) in [7, 11) is 0. The second kappa shape index (κ2) is 6.51. The molecule has 0 saturated heterocycles. The quantitative estimate of drug-likeness (QED) is 0.382. The van der Waals surface area contributed by atoms with Crippen molar-refractivity contribution in [2.24, 2.45) is 11.5 Å². The van der Waals surface area contributed by atoms with Gasteiger partial charge in [-0.05, 0) is 13.0 Å². The molecule has 0 bridgehead atoms. The standard InChI is InChI=1S/C4H10N2O2.Na/c5-2-1-3(6)4(7)8;/h3H,1-2,5-6H2,(H,7,8);/q;+1/p-1. The van der Waals surface area contributed by atoms with E-state index in [1.54, 1.807) is 0 Å². The summed E-state index contributed by atoms with van der Waals surface area (Å²) in [6, 6.07) is -0.903. The first-order valence-corrected chi connectivity index (χ1v) is 2.35. The predicted molar refractivity (Wildman–Crippen MR) is 26.7 cm³/mol. The summed E-state index contributed by atoms with van der Waals surface area (Å²) in [6.45, 7) is 0.287. The summed E-state index contributed by atoms with van der Waals surface area (Å²) < 4.78 is 0. The van der Waals surface area contributed by atoms with Crippen molar-refractivity contribution in [1.29, 1.82) is 0 Å². The maximum atomic E-state index is 9.80. The summed E-state index contributed by atoms with van der Waals surface area (Å²) in [6.07, 6.45) is 0.280. The minimum atomic E-state index is -1.24. The van der Waals surface area contributed by atoms with Gasteiger partial charge in [0.1, 0.15) is 0 Å². The minimum Gasteiger partial charge on any atom is -0.548 e. The predicted octanol–water partition coefficient (Wildman–Crippen LogP) is -5.58. The molecule has 4 nitrogen and oxygen atoms in total. The van der Waals surface area contributed by atoms with Crippen molar-refractivity contribution >= 4 is 5.97 Å². The Labute approximate surface area is 75.9 Å². The smallest absolute Gasteiger partial charge is 0.548 e. The normalized spacial score (nSPS) is 11.8. The van der Waals surface area contributed by atoms with Crippen LogP contribution in [-0.2, 0) is 4.79 Å². The third-order valence-corrected chi connectivity index (χ3v) is 0.780. The average molecular weight is 140 g/mol. The number of hydrogen-bond acceptors (Lipinski definition) is 4. The van der Waals surface area contributed by atoms with E-state index < -0.39 is 12.0 Å². The molecule has 0 aliphatic carbocycles. The number of carboxylic acids is 1. The zero-order chi connectivity index (χ0) is 6.57. The van der Waals surface area contributed by atoms with Gasteiger partial charge in [-0.1, -0.05) is 0 Å². The van der Waals surface area contributed by atoms with Crippen LogP contribution in [-0.4, -0.2) is 18.6 Å². The van der Waals surface area contributed by atoms with Gasteiger partial charge in [-0.3, -0.25) is 0 Å². The van der Waals surface area contributed by atoms with Crippen molar-refractivity contribution in [3.8, 4) is 0 Å². The average Bonchev–Trinajstić information content (AvgIpc) is 1.67. The molecule has 0 amide bonds. The maximum Gasteiger partial charge on any atom is 1.00 e. The molecular formula is C4H9N2NaO2. The largest absolute Gasteiger partial charge is 1.00 e. The Bertz CT molecular complexity index is 88.6. The summed E-state index contributed by atoms with van der Waals surface area (Å²) in [5.74, 6) is -1.24. The molecule has 0 spiro atoms. The monoisotopic (exact) mass is 140 g/mol. The van der Waals surface area contributed by atoms with Gasteiger partial charge in [0.05, 0.1) is 5.97 Å². The molecule has 0 aromatic carbocycles. The molecular weight excluding hydrogens is 131 g/mol. The minimum absolute atomic E-state index is 0. The van der Waals surface area contributed by atoms with Crippen LogP contribution in [0.25, 0.3) is 0 Å². The fourth-order valence-electron chi connectivity index (χ4n) is 0.297. The van der Waals surface area contributed by atoms with E-state index in [0.717, 1.165) is 0 Å². The van der Waals surface area contributed by atoms with E-state index in [2.05, 4.69) is 0 Å². The fourth-order valence-corrected chi connectivity index (χ4v) is 0.297. The number of carbonyl (C=O) groups excluding carboxylic acids is 1. The van der Waals surface area contributed by atoms with E-state index >= 15 is 0 Å². The summed E-state index contributed by atoms with van der Waals surface area (Å²) in [5, 5.41) is 9.80. The first kappa shape index (κ1) is 12.1. The molecule has 0 aromatic heterocycles. The van der Waals surface area contributed by atoms with Crippen LogP contribution < -0.4 is 46.1 Å². The Kier molecular flexibility index (Phi) is 8.75. The number of aliphatic carboxylic acids is 1. The molecule has 0 heterocycles. The molecule has 0 rings (SSSR count). The molecule has 9 heavy (non-hydrogen) atoms. The number of nitrogens with two attached hydrogens (primary N) is 2. The van der Waals surface area contributed by atoms with Crippen LogP contribution in [0, 0.1) is 0 Å². The molecule has 0 radical (unpaired) electrons. The van der Waals surface area contributed by atoms with Crippen LogP contribution in [0.3, 0.4) is 0 Å². The third kappa shape index (κ3) is 6.27. The molecule has 0 fully saturated rings. The van der Waals surface area contributed by atoms with Crippen molar-refractivity contribution in [3.63, 3.8) is 0 Å². The molecule has 1 unspecified atom stereocenters. The van der Waals surface area contributed by atoms with E-state index in [1.807, 2.05) is 0 Å². The maximum absolute atomic E-state index is 9.80. The molecule has 5 heteroatoms. The van der Waals surface area contributed by atoms with E-state index in [0.29, 0.717) is 0 Å².